The number of hydrogen-bond donors (Lipinski definition) is 0. The minimum atomic E-state index is -3.89. The lowest BCUT2D eigenvalue weighted by molar-refractivity contribution is -0.157. The number of ether oxygens (including phenoxy) is 1. The average Bonchev–Trinajstić information content (AvgIpc) is 2.50. The normalized spacial score (nSPS) is 22.6. The summed E-state index contributed by atoms with van der Waals surface area (Å²) in [6, 6.07) is 0. The first-order chi connectivity index (χ1) is 6.86. The predicted molar refractivity (Wildman–Crippen MR) is 39.6 cm³/mol. The first-order valence-corrected chi connectivity index (χ1v) is 4.31. The second kappa shape index (κ2) is 4.32. The van der Waals surface area contributed by atoms with Crippen molar-refractivity contribution in [3.05, 3.63) is 0 Å². The molecule has 0 aliphatic carbocycles. The standard InChI is InChI=1S/C8H9F5O2/c9-6(10)8(13,7(11)12)3-4-1-2-5(14)15-4/h4,6-7H,1-3H2. The molecule has 0 spiro atoms. The minimum absolute atomic E-state index is 0.00391. The van der Waals surface area contributed by atoms with Crippen molar-refractivity contribution < 1.29 is 31.5 Å². The molecule has 7 heteroatoms. The highest BCUT2D eigenvalue weighted by Crippen LogP contribution is 2.36. The first-order valence-electron chi connectivity index (χ1n) is 4.31. The van der Waals surface area contributed by atoms with Crippen LogP contribution in [0.2, 0.25) is 0 Å². The van der Waals surface area contributed by atoms with E-state index in [-0.39, 0.29) is 12.8 Å². The fourth-order valence-electron chi connectivity index (χ4n) is 1.35. The van der Waals surface area contributed by atoms with Gasteiger partial charge in [-0.05, 0) is 6.42 Å². The van der Waals surface area contributed by atoms with Gasteiger partial charge in [-0.2, -0.15) is 0 Å². The van der Waals surface area contributed by atoms with Gasteiger partial charge in [-0.3, -0.25) is 4.79 Å². The van der Waals surface area contributed by atoms with Crippen LogP contribution < -0.4 is 0 Å². The summed E-state index contributed by atoms with van der Waals surface area (Å²) in [6.45, 7) is 0. The summed E-state index contributed by atoms with van der Waals surface area (Å²) in [5.41, 5.74) is -3.89. The molecule has 0 amide bonds. The average molecular weight is 232 g/mol. The lowest BCUT2D eigenvalue weighted by atomic mass is 9.97. The van der Waals surface area contributed by atoms with Gasteiger partial charge in [0.2, 0.25) is 5.67 Å². The summed E-state index contributed by atoms with van der Waals surface area (Å²) >= 11 is 0. The molecular formula is C8H9F5O2. The van der Waals surface area contributed by atoms with Crippen LogP contribution in [0, 0.1) is 0 Å². The van der Waals surface area contributed by atoms with Crippen molar-refractivity contribution in [1.29, 1.82) is 0 Å². The fourth-order valence-corrected chi connectivity index (χ4v) is 1.35. The molecule has 1 saturated heterocycles. The van der Waals surface area contributed by atoms with Crippen LogP contribution in [0.5, 0.6) is 0 Å². The molecule has 0 aromatic rings. The largest absolute Gasteiger partial charge is 0.462 e. The zero-order chi connectivity index (χ0) is 11.6. The smallest absolute Gasteiger partial charge is 0.306 e. The second-order valence-corrected chi connectivity index (χ2v) is 3.38. The van der Waals surface area contributed by atoms with E-state index in [1.165, 1.54) is 0 Å². The van der Waals surface area contributed by atoms with Crippen LogP contribution in [0.1, 0.15) is 19.3 Å². The molecule has 1 fully saturated rings. The number of esters is 1. The Kier molecular flexibility index (Phi) is 3.51. The van der Waals surface area contributed by atoms with Crippen molar-refractivity contribution in [2.45, 2.75) is 43.9 Å². The van der Waals surface area contributed by atoms with E-state index < -0.39 is 37.0 Å². The van der Waals surface area contributed by atoms with E-state index in [9.17, 15) is 26.7 Å². The van der Waals surface area contributed by atoms with Gasteiger partial charge in [0.05, 0.1) is 0 Å². The molecule has 1 atom stereocenters. The van der Waals surface area contributed by atoms with Crippen molar-refractivity contribution in [1.82, 2.24) is 0 Å². The fraction of sp³-hybridized carbons (Fsp3) is 0.875. The van der Waals surface area contributed by atoms with E-state index in [1.807, 2.05) is 0 Å². The molecule has 1 aliphatic rings. The lowest BCUT2D eigenvalue weighted by Crippen LogP contribution is -2.43. The molecule has 0 radical (unpaired) electrons. The van der Waals surface area contributed by atoms with Crippen molar-refractivity contribution in [3.8, 4) is 0 Å². The third-order valence-electron chi connectivity index (χ3n) is 2.23. The number of carbonyl (C=O) groups is 1. The van der Waals surface area contributed by atoms with Crippen LogP contribution in [0.4, 0.5) is 22.0 Å². The highest BCUT2D eigenvalue weighted by atomic mass is 19.3. The van der Waals surface area contributed by atoms with Crippen molar-refractivity contribution in [2.75, 3.05) is 0 Å². The molecule has 15 heavy (non-hydrogen) atoms. The SMILES string of the molecule is O=C1CCC(CC(F)(C(F)F)C(F)F)O1. The monoisotopic (exact) mass is 232 g/mol. The summed E-state index contributed by atoms with van der Waals surface area (Å²) in [6.07, 6.45) is -9.97. The molecule has 88 valence electrons. The van der Waals surface area contributed by atoms with Gasteiger partial charge in [-0.25, -0.2) is 22.0 Å². The number of halogens is 5. The number of alkyl halides is 5. The first kappa shape index (κ1) is 12.2. The molecule has 0 aromatic carbocycles. The molecular weight excluding hydrogens is 223 g/mol. The van der Waals surface area contributed by atoms with Gasteiger partial charge < -0.3 is 4.74 Å². The molecule has 0 bridgehead atoms. The maximum atomic E-state index is 13.1. The third kappa shape index (κ3) is 2.57. The van der Waals surface area contributed by atoms with E-state index in [0.717, 1.165) is 0 Å². The maximum absolute atomic E-state index is 13.1. The lowest BCUT2D eigenvalue weighted by Gasteiger charge is -2.25. The predicted octanol–water partition coefficient (Wildman–Crippen LogP) is 2.32. The molecule has 1 heterocycles. The van der Waals surface area contributed by atoms with Gasteiger partial charge in [0.1, 0.15) is 6.10 Å². The Bertz CT molecular complexity index is 235. The molecule has 1 aliphatic heterocycles. The van der Waals surface area contributed by atoms with Crippen LogP contribution in [-0.4, -0.2) is 30.6 Å². The number of hydrogen-bond acceptors (Lipinski definition) is 2. The molecule has 0 saturated carbocycles. The molecule has 0 aromatic heterocycles. The Balaban J connectivity index is 2.63. The van der Waals surface area contributed by atoms with Gasteiger partial charge in [0, 0.05) is 12.8 Å². The quantitative estimate of drug-likeness (QED) is 0.549. The van der Waals surface area contributed by atoms with Crippen LogP contribution in [-0.2, 0) is 9.53 Å². The van der Waals surface area contributed by atoms with Gasteiger partial charge in [-0.1, -0.05) is 0 Å². The van der Waals surface area contributed by atoms with Gasteiger partial charge in [-0.15, -0.1) is 0 Å². The Morgan fingerprint density at radius 2 is 1.87 bits per heavy atom. The topological polar surface area (TPSA) is 26.3 Å². The zero-order valence-corrected chi connectivity index (χ0v) is 7.56. The van der Waals surface area contributed by atoms with Gasteiger partial charge >= 0.3 is 5.97 Å². The summed E-state index contributed by atoms with van der Waals surface area (Å²) in [5, 5.41) is 0. The van der Waals surface area contributed by atoms with E-state index in [2.05, 4.69) is 4.74 Å². The molecule has 0 N–H and O–H groups in total. The molecule has 1 unspecified atom stereocenters. The summed E-state index contributed by atoms with van der Waals surface area (Å²) < 4.78 is 65.9. The van der Waals surface area contributed by atoms with E-state index in [0.29, 0.717) is 0 Å². The van der Waals surface area contributed by atoms with E-state index >= 15 is 0 Å². The van der Waals surface area contributed by atoms with Crippen LogP contribution in [0.15, 0.2) is 0 Å². The second-order valence-electron chi connectivity index (χ2n) is 3.38. The summed E-state index contributed by atoms with van der Waals surface area (Å²) in [7, 11) is 0. The highest BCUT2D eigenvalue weighted by Gasteiger charge is 2.52. The summed E-state index contributed by atoms with van der Waals surface area (Å²) in [4.78, 5) is 10.6. The van der Waals surface area contributed by atoms with Crippen LogP contribution in [0.25, 0.3) is 0 Å². The number of carbonyl (C=O) groups excluding carboxylic acids is 1. The van der Waals surface area contributed by atoms with Crippen molar-refractivity contribution in [2.24, 2.45) is 0 Å². The number of rotatable bonds is 4. The van der Waals surface area contributed by atoms with Crippen molar-refractivity contribution >= 4 is 5.97 Å². The van der Waals surface area contributed by atoms with Crippen LogP contribution in [0.3, 0.4) is 0 Å². The highest BCUT2D eigenvalue weighted by molar-refractivity contribution is 5.71. The number of cyclic esters (lactones) is 1. The maximum Gasteiger partial charge on any atom is 0.306 e. The Morgan fingerprint density at radius 3 is 2.20 bits per heavy atom. The minimum Gasteiger partial charge on any atom is -0.462 e. The summed E-state index contributed by atoms with van der Waals surface area (Å²) in [5.74, 6) is -0.675. The van der Waals surface area contributed by atoms with Gasteiger partial charge in [0.15, 0.2) is 0 Å². The third-order valence-corrected chi connectivity index (χ3v) is 2.23. The zero-order valence-electron chi connectivity index (χ0n) is 7.56. The Labute approximate surface area is 82.4 Å². The molecule has 1 rings (SSSR count). The Hall–Kier alpha value is -0.880. The van der Waals surface area contributed by atoms with Gasteiger partial charge in [0.25, 0.3) is 12.9 Å². The molecule has 2 nitrogen and oxygen atoms in total. The van der Waals surface area contributed by atoms with Crippen molar-refractivity contribution in [3.63, 3.8) is 0 Å². The Morgan fingerprint density at radius 1 is 1.33 bits per heavy atom. The van der Waals surface area contributed by atoms with Crippen LogP contribution >= 0.6 is 0 Å². The van der Waals surface area contributed by atoms with E-state index in [4.69, 9.17) is 0 Å². The van der Waals surface area contributed by atoms with E-state index in [1.54, 1.807) is 0 Å².